The van der Waals surface area contributed by atoms with Crippen molar-refractivity contribution in [2.45, 2.75) is 29.8 Å². The van der Waals surface area contributed by atoms with Crippen LogP contribution in [0.1, 0.15) is 25.5 Å². The first-order valence-electron chi connectivity index (χ1n) is 6.43. The van der Waals surface area contributed by atoms with E-state index in [-0.39, 0.29) is 6.04 Å². The monoisotopic (exact) mass is 370 g/mol. The van der Waals surface area contributed by atoms with Crippen molar-refractivity contribution < 1.29 is 0 Å². The van der Waals surface area contributed by atoms with E-state index in [2.05, 4.69) is 52.2 Å². The average molecular weight is 372 g/mol. The van der Waals surface area contributed by atoms with Gasteiger partial charge in [0.1, 0.15) is 5.03 Å². The molecule has 0 spiro atoms. The molecule has 1 atom stereocenters. The number of nitrogens with one attached hydrogen (secondary N) is 1. The lowest BCUT2D eigenvalue weighted by atomic mass is 10.1. The van der Waals surface area contributed by atoms with Gasteiger partial charge in [-0.3, -0.25) is 0 Å². The molecular weight excluding hydrogens is 356 g/mol. The summed E-state index contributed by atoms with van der Waals surface area (Å²) in [6.45, 7) is 5.20. The topological polar surface area (TPSA) is 24.9 Å². The molecule has 2 rings (SSSR count). The van der Waals surface area contributed by atoms with Crippen LogP contribution < -0.4 is 5.32 Å². The third-order valence-electron chi connectivity index (χ3n) is 2.88. The van der Waals surface area contributed by atoms with Crippen LogP contribution >= 0.6 is 39.3 Å². The van der Waals surface area contributed by atoms with Crippen LogP contribution in [0.15, 0.2) is 50.9 Å². The van der Waals surface area contributed by atoms with E-state index in [4.69, 9.17) is 11.6 Å². The lowest BCUT2D eigenvalue weighted by molar-refractivity contribution is 0.589. The highest BCUT2D eigenvalue weighted by atomic mass is 79.9. The summed E-state index contributed by atoms with van der Waals surface area (Å²) in [4.78, 5) is 5.51. The Morgan fingerprint density at radius 1 is 1.40 bits per heavy atom. The summed E-state index contributed by atoms with van der Waals surface area (Å²) in [6.07, 6.45) is 1.76. The number of pyridine rings is 1. The minimum atomic E-state index is 0.280. The van der Waals surface area contributed by atoms with Crippen LogP contribution in [-0.2, 0) is 0 Å². The summed E-state index contributed by atoms with van der Waals surface area (Å²) < 4.78 is 1.08. The van der Waals surface area contributed by atoms with Crippen LogP contribution in [0, 0.1) is 0 Å². The molecule has 1 aromatic heterocycles. The van der Waals surface area contributed by atoms with Crippen molar-refractivity contribution in [2.75, 3.05) is 6.54 Å². The molecular formula is C15H16BrClN2S. The van der Waals surface area contributed by atoms with E-state index in [1.54, 1.807) is 18.0 Å². The number of rotatable bonds is 5. The third-order valence-corrected chi connectivity index (χ3v) is 4.90. The quantitative estimate of drug-likeness (QED) is 0.770. The molecule has 0 aliphatic rings. The van der Waals surface area contributed by atoms with Crippen LogP contribution in [0.4, 0.5) is 0 Å². The number of hydrogen-bond acceptors (Lipinski definition) is 3. The van der Waals surface area contributed by atoms with Crippen molar-refractivity contribution in [2.24, 2.45) is 0 Å². The molecule has 0 aliphatic heterocycles. The molecule has 1 unspecified atom stereocenters. The minimum absolute atomic E-state index is 0.280. The number of nitrogens with zero attached hydrogens (tertiary/aromatic N) is 1. The van der Waals surface area contributed by atoms with Gasteiger partial charge in [0.25, 0.3) is 0 Å². The van der Waals surface area contributed by atoms with Crippen molar-refractivity contribution in [1.82, 2.24) is 10.3 Å². The minimum Gasteiger partial charge on any atom is -0.310 e. The van der Waals surface area contributed by atoms with Crippen molar-refractivity contribution >= 4 is 39.3 Å². The number of hydrogen-bond donors (Lipinski definition) is 1. The van der Waals surface area contributed by atoms with Gasteiger partial charge in [-0.2, -0.15) is 0 Å². The molecule has 0 saturated heterocycles. The van der Waals surface area contributed by atoms with E-state index < -0.39 is 0 Å². The van der Waals surface area contributed by atoms with Crippen LogP contribution in [0.3, 0.4) is 0 Å². The highest BCUT2D eigenvalue weighted by molar-refractivity contribution is 9.10. The maximum atomic E-state index is 6.19. The second-order valence-corrected chi connectivity index (χ2v) is 6.71. The zero-order valence-electron chi connectivity index (χ0n) is 11.4. The van der Waals surface area contributed by atoms with Crippen LogP contribution in [0.25, 0.3) is 0 Å². The molecule has 2 aromatic rings. The van der Waals surface area contributed by atoms with Crippen LogP contribution in [-0.4, -0.2) is 11.5 Å². The molecule has 0 bridgehead atoms. The van der Waals surface area contributed by atoms with Gasteiger partial charge in [-0.1, -0.05) is 46.2 Å². The summed E-state index contributed by atoms with van der Waals surface area (Å²) >= 11 is 11.3. The van der Waals surface area contributed by atoms with Gasteiger partial charge >= 0.3 is 0 Å². The maximum Gasteiger partial charge on any atom is 0.119 e. The van der Waals surface area contributed by atoms with E-state index in [9.17, 15) is 0 Å². The second-order valence-electron chi connectivity index (χ2n) is 4.35. The normalized spacial score (nSPS) is 12.4. The Balaban J connectivity index is 2.34. The summed E-state index contributed by atoms with van der Waals surface area (Å²) in [5, 5.41) is 4.96. The molecule has 1 N–H and O–H groups in total. The van der Waals surface area contributed by atoms with Gasteiger partial charge in [0, 0.05) is 21.6 Å². The maximum absolute atomic E-state index is 6.19. The van der Waals surface area contributed by atoms with Gasteiger partial charge in [-0.15, -0.1) is 0 Å². The molecule has 20 heavy (non-hydrogen) atoms. The molecule has 5 heteroatoms. The SMILES string of the molecule is CCNC(C)c1cc(Br)ccc1Sc1ncccc1Cl. The molecule has 0 saturated carbocycles. The van der Waals surface area contributed by atoms with Crippen molar-refractivity contribution in [3.63, 3.8) is 0 Å². The number of benzene rings is 1. The number of aromatic nitrogens is 1. The lowest BCUT2D eigenvalue weighted by Gasteiger charge is -2.17. The third kappa shape index (κ3) is 3.98. The Hall–Kier alpha value is -0.550. The summed E-state index contributed by atoms with van der Waals surface area (Å²) in [5.41, 5.74) is 1.24. The smallest absolute Gasteiger partial charge is 0.119 e. The first-order chi connectivity index (χ1) is 9.61. The van der Waals surface area contributed by atoms with Gasteiger partial charge in [0.05, 0.1) is 5.02 Å². The molecule has 1 aromatic carbocycles. The summed E-state index contributed by atoms with van der Waals surface area (Å²) in [7, 11) is 0. The van der Waals surface area contributed by atoms with Gasteiger partial charge in [-0.25, -0.2) is 4.98 Å². The van der Waals surface area contributed by atoms with Crippen molar-refractivity contribution in [3.05, 3.63) is 51.6 Å². The van der Waals surface area contributed by atoms with Gasteiger partial charge in [0.15, 0.2) is 0 Å². The molecule has 2 nitrogen and oxygen atoms in total. The molecule has 0 aliphatic carbocycles. The zero-order valence-corrected chi connectivity index (χ0v) is 14.5. The Morgan fingerprint density at radius 2 is 2.20 bits per heavy atom. The van der Waals surface area contributed by atoms with Crippen molar-refractivity contribution in [1.29, 1.82) is 0 Å². The van der Waals surface area contributed by atoms with E-state index in [0.29, 0.717) is 5.02 Å². The van der Waals surface area contributed by atoms with E-state index in [0.717, 1.165) is 16.0 Å². The standard InChI is InChI=1S/C15H16BrClN2S/c1-3-18-10(2)12-9-11(16)6-7-14(12)20-15-13(17)5-4-8-19-15/h4-10,18H,3H2,1-2H3. The van der Waals surface area contributed by atoms with Gasteiger partial charge < -0.3 is 5.32 Å². The first-order valence-corrected chi connectivity index (χ1v) is 8.41. The molecule has 106 valence electrons. The van der Waals surface area contributed by atoms with Crippen LogP contribution in [0.5, 0.6) is 0 Å². The van der Waals surface area contributed by atoms with Gasteiger partial charge in [0.2, 0.25) is 0 Å². The zero-order chi connectivity index (χ0) is 14.5. The highest BCUT2D eigenvalue weighted by Crippen LogP contribution is 2.36. The fourth-order valence-electron chi connectivity index (χ4n) is 1.92. The molecule has 0 amide bonds. The molecule has 1 heterocycles. The average Bonchev–Trinajstić information content (AvgIpc) is 2.43. The fourth-order valence-corrected chi connectivity index (χ4v) is 3.51. The van der Waals surface area contributed by atoms with E-state index in [1.807, 2.05) is 18.2 Å². The Bertz CT molecular complexity index is 592. The predicted octanol–water partition coefficient (Wildman–Crippen LogP) is 5.32. The Kier molecular flexibility index (Phi) is 5.90. The largest absolute Gasteiger partial charge is 0.310 e. The van der Waals surface area contributed by atoms with Crippen LogP contribution in [0.2, 0.25) is 5.02 Å². The van der Waals surface area contributed by atoms with Crippen molar-refractivity contribution in [3.8, 4) is 0 Å². The fraction of sp³-hybridized carbons (Fsp3) is 0.267. The van der Waals surface area contributed by atoms with Gasteiger partial charge in [-0.05, 0) is 49.4 Å². The van der Waals surface area contributed by atoms with E-state index in [1.165, 1.54) is 10.5 Å². The number of halogens is 2. The first kappa shape index (κ1) is 15.8. The predicted molar refractivity (Wildman–Crippen MR) is 89.6 cm³/mol. The summed E-state index contributed by atoms with van der Waals surface area (Å²) in [6, 6.07) is 10.3. The molecule has 0 radical (unpaired) electrons. The lowest BCUT2D eigenvalue weighted by Crippen LogP contribution is -2.18. The Labute approximate surface area is 137 Å². The Morgan fingerprint density at radius 3 is 2.90 bits per heavy atom. The summed E-state index contributed by atoms with van der Waals surface area (Å²) in [5.74, 6) is 0. The second kappa shape index (κ2) is 7.46. The highest BCUT2D eigenvalue weighted by Gasteiger charge is 2.13. The van der Waals surface area contributed by atoms with E-state index >= 15 is 0 Å². The molecule has 0 fully saturated rings.